The highest BCUT2D eigenvalue weighted by Gasteiger charge is 2.16. The number of tetrazole rings is 1. The van der Waals surface area contributed by atoms with Gasteiger partial charge in [0.1, 0.15) is 5.56 Å². The minimum atomic E-state index is -1.05. The zero-order valence-corrected chi connectivity index (χ0v) is 9.45. The van der Waals surface area contributed by atoms with Crippen LogP contribution in [0.5, 0.6) is 0 Å². The molecule has 0 spiro atoms. The average Bonchev–Trinajstić information content (AvgIpc) is 2.74. The van der Waals surface area contributed by atoms with Crippen LogP contribution >= 0.6 is 0 Å². The van der Waals surface area contributed by atoms with Crippen molar-refractivity contribution < 1.29 is 9.90 Å². The molecule has 0 aromatic carbocycles. The van der Waals surface area contributed by atoms with Crippen LogP contribution in [0.2, 0.25) is 0 Å². The first-order valence-corrected chi connectivity index (χ1v) is 5.12. The Morgan fingerprint density at radius 1 is 1.47 bits per heavy atom. The van der Waals surface area contributed by atoms with E-state index in [1.807, 2.05) is 6.92 Å². The lowest BCUT2D eigenvalue weighted by atomic mass is 10.2. The second-order valence-electron chi connectivity index (χ2n) is 3.47. The molecule has 0 aliphatic rings. The van der Waals surface area contributed by atoms with E-state index in [0.29, 0.717) is 12.2 Å². The lowest BCUT2D eigenvalue weighted by Gasteiger charge is -2.06. The molecule has 0 atom stereocenters. The quantitative estimate of drug-likeness (QED) is 0.835. The van der Waals surface area contributed by atoms with Crippen molar-refractivity contribution in [1.29, 1.82) is 0 Å². The van der Waals surface area contributed by atoms with E-state index in [-0.39, 0.29) is 11.4 Å². The van der Waals surface area contributed by atoms with Gasteiger partial charge in [0.25, 0.3) is 0 Å². The van der Waals surface area contributed by atoms with Crippen molar-refractivity contribution in [2.45, 2.75) is 20.3 Å². The summed E-state index contributed by atoms with van der Waals surface area (Å²) in [5, 5.41) is 20.0. The molecule has 0 fully saturated rings. The van der Waals surface area contributed by atoms with Crippen molar-refractivity contribution in [1.82, 2.24) is 25.2 Å². The smallest absolute Gasteiger partial charge is 0.339 e. The maximum Gasteiger partial charge on any atom is 0.339 e. The predicted molar refractivity (Wildman–Crippen MR) is 58.0 cm³/mol. The van der Waals surface area contributed by atoms with Crippen LogP contribution < -0.4 is 0 Å². The summed E-state index contributed by atoms with van der Waals surface area (Å²) in [5.41, 5.74) is 0.873. The first-order chi connectivity index (χ1) is 8.13. The molecular formula is C10H11N5O2. The molecule has 0 aliphatic heterocycles. The van der Waals surface area contributed by atoms with Crippen LogP contribution in [0.3, 0.4) is 0 Å². The van der Waals surface area contributed by atoms with Crippen LogP contribution in [-0.2, 0) is 6.42 Å². The Morgan fingerprint density at radius 2 is 2.24 bits per heavy atom. The molecule has 7 heteroatoms. The van der Waals surface area contributed by atoms with Crippen LogP contribution in [0, 0.1) is 6.92 Å². The summed E-state index contributed by atoms with van der Waals surface area (Å²) >= 11 is 0. The lowest BCUT2D eigenvalue weighted by Crippen LogP contribution is -2.11. The molecule has 0 saturated heterocycles. The Balaban J connectivity index is 2.65. The number of pyridine rings is 1. The predicted octanol–water partition coefficient (Wildman–Crippen LogP) is 0.626. The molecule has 0 aliphatic carbocycles. The molecule has 0 saturated carbocycles. The molecule has 0 unspecified atom stereocenters. The van der Waals surface area contributed by atoms with Crippen LogP contribution in [0.4, 0.5) is 0 Å². The second kappa shape index (κ2) is 4.28. The Morgan fingerprint density at radius 3 is 2.76 bits per heavy atom. The molecule has 2 heterocycles. The second-order valence-corrected chi connectivity index (χ2v) is 3.47. The Bertz CT molecular complexity index is 564. The standard InChI is InChI=1S/C10H11N5O2/c1-3-7-4-5-8(10(16)17)9(11-7)15-6(2)12-13-14-15/h4-5H,3H2,1-2H3,(H,16,17). The van der Waals surface area contributed by atoms with Gasteiger partial charge in [0.2, 0.25) is 0 Å². The van der Waals surface area contributed by atoms with Crippen LogP contribution in [0.15, 0.2) is 12.1 Å². The van der Waals surface area contributed by atoms with Gasteiger partial charge in [0.05, 0.1) is 0 Å². The highest BCUT2D eigenvalue weighted by atomic mass is 16.4. The molecule has 0 amide bonds. The monoisotopic (exact) mass is 233 g/mol. The number of carboxylic acids is 1. The van der Waals surface area contributed by atoms with E-state index in [1.54, 1.807) is 13.0 Å². The molecule has 88 valence electrons. The summed E-state index contributed by atoms with van der Waals surface area (Å²) in [5.74, 6) is -0.308. The summed E-state index contributed by atoms with van der Waals surface area (Å²) in [4.78, 5) is 15.4. The van der Waals surface area contributed by atoms with E-state index < -0.39 is 5.97 Å². The summed E-state index contributed by atoms with van der Waals surface area (Å²) < 4.78 is 1.32. The van der Waals surface area contributed by atoms with Gasteiger partial charge in [0, 0.05) is 5.69 Å². The maximum atomic E-state index is 11.1. The molecule has 0 bridgehead atoms. The molecule has 1 N–H and O–H groups in total. The van der Waals surface area contributed by atoms with E-state index in [4.69, 9.17) is 5.11 Å². The molecule has 2 aromatic heterocycles. The van der Waals surface area contributed by atoms with E-state index in [2.05, 4.69) is 20.5 Å². The van der Waals surface area contributed by atoms with E-state index in [0.717, 1.165) is 5.69 Å². The van der Waals surface area contributed by atoms with Gasteiger partial charge in [-0.3, -0.25) is 0 Å². The molecular weight excluding hydrogens is 222 g/mol. The SMILES string of the molecule is CCc1ccc(C(=O)O)c(-n2nnnc2C)n1. The van der Waals surface area contributed by atoms with Gasteiger partial charge in [0.15, 0.2) is 11.6 Å². The zero-order chi connectivity index (χ0) is 12.4. The number of aromatic nitrogens is 5. The molecule has 17 heavy (non-hydrogen) atoms. The zero-order valence-electron chi connectivity index (χ0n) is 9.45. The third-order valence-electron chi connectivity index (χ3n) is 2.35. The molecule has 2 rings (SSSR count). The van der Waals surface area contributed by atoms with Gasteiger partial charge in [-0.05, 0) is 35.9 Å². The summed E-state index contributed by atoms with van der Waals surface area (Å²) in [6.45, 7) is 3.63. The Labute approximate surface area is 97.1 Å². The highest BCUT2D eigenvalue weighted by Crippen LogP contribution is 2.13. The summed E-state index contributed by atoms with van der Waals surface area (Å²) in [7, 11) is 0. The fourth-order valence-corrected chi connectivity index (χ4v) is 1.44. The fraction of sp³-hybridized carbons (Fsp3) is 0.300. The van der Waals surface area contributed by atoms with Crippen molar-refractivity contribution in [2.75, 3.05) is 0 Å². The number of hydrogen-bond acceptors (Lipinski definition) is 5. The van der Waals surface area contributed by atoms with Crippen LogP contribution in [0.1, 0.15) is 28.8 Å². The van der Waals surface area contributed by atoms with E-state index >= 15 is 0 Å². The first-order valence-electron chi connectivity index (χ1n) is 5.12. The Hall–Kier alpha value is -2.31. The van der Waals surface area contributed by atoms with Gasteiger partial charge in [-0.15, -0.1) is 5.10 Å². The fourth-order valence-electron chi connectivity index (χ4n) is 1.44. The molecule has 2 aromatic rings. The van der Waals surface area contributed by atoms with Crippen molar-refractivity contribution in [3.63, 3.8) is 0 Å². The van der Waals surface area contributed by atoms with Crippen LogP contribution in [0.25, 0.3) is 5.82 Å². The number of aromatic carboxylic acids is 1. The normalized spacial score (nSPS) is 10.5. The first kappa shape index (κ1) is 11.2. The third-order valence-corrected chi connectivity index (χ3v) is 2.35. The summed E-state index contributed by atoms with van der Waals surface area (Å²) in [6, 6.07) is 3.21. The number of hydrogen-bond donors (Lipinski definition) is 1. The van der Waals surface area contributed by atoms with Gasteiger partial charge in [-0.1, -0.05) is 6.92 Å². The van der Waals surface area contributed by atoms with Crippen molar-refractivity contribution >= 4 is 5.97 Å². The topological polar surface area (TPSA) is 93.8 Å². The number of rotatable bonds is 3. The van der Waals surface area contributed by atoms with Crippen LogP contribution in [-0.4, -0.2) is 36.3 Å². The number of aryl methyl sites for hydroxylation is 2. The van der Waals surface area contributed by atoms with Crippen molar-refractivity contribution in [2.24, 2.45) is 0 Å². The highest BCUT2D eigenvalue weighted by molar-refractivity contribution is 5.91. The lowest BCUT2D eigenvalue weighted by molar-refractivity contribution is 0.0696. The minimum Gasteiger partial charge on any atom is -0.478 e. The van der Waals surface area contributed by atoms with Crippen molar-refractivity contribution in [3.05, 3.63) is 29.2 Å². The van der Waals surface area contributed by atoms with E-state index in [9.17, 15) is 4.79 Å². The van der Waals surface area contributed by atoms with E-state index in [1.165, 1.54) is 10.7 Å². The van der Waals surface area contributed by atoms with Gasteiger partial charge in [-0.25, -0.2) is 9.78 Å². The minimum absolute atomic E-state index is 0.0811. The van der Waals surface area contributed by atoms with Gasteiger partial charge >= 0.3 is 5.97 Å². The number of carboxylic acid groups (broad SMARTS) is 1. The summed E-state index contributed by atoms with van der Waals surface area (Å²) in [6.07, 6.45) is 0.716. The molecule has 0 radical (unpaired) electrons. The largest absolute Gasteiger partial charge is 0.478 e. The van der Waals surface area contributed by atoms with Crippen molar-refractivity contribution in [3.8, 4) is 5.82 Å². The molecule has 7 nitrogen and oxygen atoms in total. The maximum absolute atomic E-state index is 11.1. The number of carbonyl (C=O) groups is 1. The average molecular weight is 233 g/mol. The number of nitrogens with zero attached hydrogens (tertiary/aromatic N) is 5. The Kier molecular flexibility index (Phi) is 2.82. The third kappa shape index (κ3) is 1.99. The van der Waals surface area contributed by atoms with Gasteiger partial charge in [-0.2, -0.15) is 4.68 Å². The van der Waals surface area contributed by atoms with Gasteiger partial charge < -0.3 is 5.11 Å².